The Morgan fingerprint density at radius 3 is 2.47 bits per heavy atom. The second-order valence-electron chi connectivity index (χ2n) is 16.5. The van der Waals surface area contributed by atoms with Gasteiger partial charge in [0.15, 0.2) is 0 Å². The zero-order valence-corrected chi connectivity index (χ0v) is 31.8. The fourth-order valence-corrected chi connectivity index (χ4v) is 9.15. The summed E-state index contributed by atoms with van der Waals surface area (Å²) in [5, 5.41) is 29.0. The predicted octanol–water partition coefficient (Wildman–Crippen LogP) is 4.87. The number of aliphatic hydroxyl groups excluding tert-OH is 2. The maximum atomic E-state index is 15.2. The molecule has 4 aliphatic rings. The molecule has 4 N–H and O–H groups in total. The van der Waals surface area contributed by atoms with Crippen molar-refractivity contribution < 1.29 is 33.8 Å². The van der Waals surface area contributed by atoms with Crippen LogP contribution in [-0.4, -0.2) is 96.7 Å². The highest BCUT2D eigenvalue weighted by molar-refractivity contribution is 5.96. The number of ether oxygens (including phenoxy) is 1. The maximum Gasteiger partial charge on any atom is 0.254 e. The molecule has 11 heteroatoms. The molecular weight excluding hydrogens is 651 g/mol. The number of halogens is 1. The molecule has 0 spiro atoms. The number of carbonyl (C=O) groups excluding carboxylic acids is 2. The molecule has 2 aromatic rings. The zero-order chi connectivity index (χ0) is 37.4. The average Bonchev–Trinajstić information content (AvgIpc) is 3.43. The molecule has 10 nitrogen and oxygen atoms in total. The third-order valence-electron chi connectivity index (χ3n) is 11.9. The number of nitrogens with one attached hydrogen (secondary N) is 2. The number of benzene rings is 2. The molecule has 2 amide bonds. The Labute approximate surface area is 303 Å². The van der Waals surface area contributed by atoms with E-state index in [1.54, 1.807) is 31.2 Å². The van der Waals surface area contributed by atoms with Crippen LogP contribution >= 0.6 is 0 Å². The van der Waals surface area contributed by atoms with Crippen LogP contribution in [0.25, 0.3) is 11.1 Å². The van der Waals surface area contributed by atoms with Crippen LogP contribution < -0.4 is 15.4 Å². The van der Waals surface area contributed by atoms with E-state index < -0.39 is 35.9 Å². The highest BCUT2D eigenvalue weighted by Gasteiger charge is 2.57. The monoisotopic (exact) mass is 710 g/mol. The van der Waals surface area contributed by atoms with Gasteiger partial charge in [-0.05, 0) is 87.1 Å². The standard InChI is InChI=1S/C40H59FN4O6/c1-22(2)15-28(20-44(7)8)42-38(48)30-16-25(13-14-32(30)41)29-12-10-11-26(37(29)50-9)19-45-36(35(24(4)47)34(21-46)51-45)39(49)43-33-18-27-17-31(23(33)3)40(27,5)6/h10-14,16,22-24,27-28,31,33-36,46-47H,15,17-21H2,1-9H3,(H,42,48)(H,43,49)/t23-,24-,27+,28-,31+,33-,34-,35+,36-/m0/s1. The summed E-state index contributed by atoms with van der Waals surface area (Å²) < 4.78 is 21.1. The van der Waals surface area contributed by atoms with Crippen LogP contribution in [0.2, 0.25) is 0 Å². The molecule has 6 rings (SSSR count). The van der Waals surface area contributed by atoms with Crippen LogP contribution in [-0.2, 0) is 16.2 Å². The Morgan fingerprint density at radius 1 is 1.16 bits per heavy atom. The minimum Gasteiger partial charge on any atom is -0.496 e. The summed E-state index contributed by atoms with van der Waals surface area (Å²) in [5.41, 5.74) is 2.12. The molecule has 1 heterocycles. The maximum absolute atomic E-state index is 15.2. The molecular formula is C40H59FN4O6. The van der Waals surface area contributed by atoms with Crippen molar-refractivity contribution in [2.24, 2.45) is 35.0 Å². The summed E-state index contributed by atoms with van der Waals surface area (Å²) >= 11 is 0. The number of nitrogens with zero attached hydrogens (tertiary/aromatic N) is 2. The lowest BCUT2D eigenvalue weighted by atomic mass is 9.45. The summed E-state index contributed by atoms with van der Waals surface area (Å²) in [4.78, 5) is 35.8. The molecule has 9 atom stereocenters. The molecule has 0 aromatic heterocycles. The minimum atomic E-state index is -0.922. The van der Waals surface area contributed by atoms with Crippen molar-refractivity contribution in [2.45, 2.75) is 97.7 Å². The van der Waals surface area contributed by atoms with Crippen molar-refractivity contribution in [1.82, 2.24) is 20.6 Å². The zero-order valence-electron chi connectivity index (χ0n) is 31.8. The average molecular weight is 711 g/mol. The Kier molecular flexibility index (Phi) is 12.2. The Morgan fingerprint density at radius 2 is 1.88 bits per heavy atom. The topological polar surface area (TPSA) is 124 Å². The van der Waals surface area contributed by atoms with Crippen LogP contribution in [0.3, 0.4) is 0 Å². The first-order chi connectivity index (χ1) is 24.1. The lowest BCUT2D eigenvalue weighted by molar-refractivity contribution is -0.183. The van der Waals surface area contributed by atoms with Crippen LogP contribution in [0.1, 0.15) is 76.7 Å². The van der Waals surface area contributed by atoms with Crippen molar-refractivity contribution in [3.63, 3.8) is 0 Å². The molecule has 1 saturated heterocycles. The molecule has 2 aromatic carbocycles. The summed E-state index contributed by atoms with van der Waals surface area (Å²) in [5.74, 6) is 0.240. The first-order valence-corrected chi connectivity index (χ1v) is 18.5. The Bertz CT molecular complexity index is 1540. The number of methoxy groups -OCH3 is 1. The fourth-order valence-electron chi connectivity index (χ4n) is 9.15. The fraction of sp³-hybridized carbons (Fsp3) is 0.650. The van der Waals surface area contributed by atoms with E-state index in [0.717, 1.165) is 12.8 Å². The lowest BCUT2D eigenvalue weighted by Gasteiger charge is -2.62. The van der Waals surface area contributed by atoms with E-state index in [1.807, 2.05) is 37.2 Å². The van der Waals surface area contributed by atoms with Crippen LogP contribution in [0.15, 0.2) is 36.4 Å². The number of para-hydroxylation sites is 1. The van der Waals surface area contributed by atoms with E-state index in [-0.39, 0.29) is 42.1 Å². The summed E-state index contributed by atoms with van der Waals surface area (Å²) in [6.45, 7) is 13.0. The van der Waals surface area contributed by atoms with Gasteiger partial charge in [0.1, 0.15) is 23.7 Å². The van der Waals surface area contributed by atoms with Gasteiger partial charge in [-0.25, -0.2) is 4.39 Å². The molecule has 3 aliphatic carbocycles. The van der Waals surface area contributed by atoms with Gasteiger partial charge in [-0.1, -0.05) is 58.9 Å². The summed E-state index contributed by atoms with van der Waals surface area (Å²) in [7, 11) is 5.42. The number of hydrogen-bond donors (Lipinski definition) is 4. The normalized spacial score (nSPS) is 28.3. The lowest BCUT2D eigenvalue weighted by Crippen LogP contribution is -2.62. The SMILES string of the molecule is COc1c(CN2O[C@@H](CO)[C@@H]([C@H](C)O)[C@H]2C(=O)N[C@H]2C[C@H]3C[C@H]([C@@H]2C)C3(C)C)cccc1-c1ccc(F)c(C(=O)N[C@@H](CC(C)C)CN(C)C)c1. The number of hydrogen-bond acceptors (Lipinski definition) is 8. The molecule has 1 aliphatic heterocycles. The Balaban J connectivity index is 1.41. The van der Waals surface area contributed by atoms with Crippen molar-refractivity contribution >= 4 is 11.8 Å². The molecule has 282 valence electrons. The van der Waals surface area contributed by atoms with Gasteiger partial charge in [-0.2, -0.15) is 5.06 Å². The number of fused-ring (bicyclic) bond motifs is 2. The number of amides is 2. The number of aliphatic hydroxyl groups is 2. The van der Waals surface area contributed by atoms with E-state index in [0.29, 0.717) is 52.7 Å². The number of likely N-dealkylation sites (N-methyl/N-ethyl adjacent to an activating group) is 1. The van der Waals surface area contributed by atoms with Crippen LogP contribution in [0.5, 0.6) is 5.75 Å². The molecule has 0 radical (unpaired) electrons. The highest BCUT2D eigenvalue weighted by Crippen LogP contribution is 2.61. The third kappa shape index (κ3) is 8.13. The molecule has 51 heavy (non-hydrogen) atoms. The smallest absolute Gasteiger partial charge is 0.254 e. The first-order valence-electron chi connectivity index (χ1n) is 18.5. The molecule has 0 unspecified atom stereocenters. The molecule has 3 saturated carbocycles. The van der Waals surface area contributed by atoms with Gasteiger partial charge < -0.3 is 30.5 Å². The van der Waals surface area contributed by atoms with Crippen molar-refractivity contribution in [3.8, 4) is 16.9 Å². The third-order valence-corrected chi connectivity index (χ3v) is 11.9. The van der Waals surface area contributed by atoms with Gasteiger partial charge in [-0.3, -0.25) is 14.4 Å². The molecule has 2 bridgehead atoms. The van der Waals surface area contributed by atoms with Crippen molar-refractivity contribution in [3.05, 3.63) is 53.3 Å². The van der Waals surface area contributed by atoms with Gasteiger partial charge in [0.2, 0.25) is 5.91 Å². The number of carbonyl (C=O) groups is 2. The minimum absolute atomic E-state index is 0.0187. The predicted molar refractivity (Wildman–Crippen MR) is 195 cm³/mol. The van der Waals surface area contributed by atoms with Gasteiger partial charge in [0.05, 0.1) is 31.9 Å². The second-order valence-corrected chi connectivity index (χ2v) is 16.5. The first kappa shape index (κ1) is 39.1. The van der Waals surface area contributed by atoms with E-state index in [1.165, 1.54) is 12.5 Å². The van der Waals surface area contributed by atoms with E-state index in [9.17, 15) is 19.8 Å². The van der Waals surface area contributed by atoms with E-state index >= 15 is 4.39 Å². The largest absolute Gasteiger partial charge is 0.496 e. The second kappa shape index (κ2) is 15.9. The Hall–Kier alpha value is -3.09. The number of rotatable bonds is 14. The van der Waals surface area contributed by atoms with E-state index in [4.69, 9.17) is 9.57 Å². The van der Waals surface area contributed by atoms with Gasteiger partial charge in [-0.15, -0.1) is 0 Å². The summed E-state index contributed by atoms with van der Waals surface area (Å²) in [6, 6.07) is 8.99. The van der Waals surface area contributed by atoms with E-state index in [2.05, 4.69) is 45.3 Å². The highest BCUT2D eigenvalue weighted by atomic mass is 19.1. The molecule has 4 fully saturated rings. The van der Waals surface area contributed by atoms with Gasteiger partial charge in [0, 0.05) is 35.7 Å². The quantitative estimate of drug-likeness (QED) is 0.219. The van der Waals surface area contributed by atoms with Crippen molar-refractivity contribution in [1.29, 1.82) is 0 Å². The summed E-state index contributed by atoms with van der Waals surface area (Å²) in [6.07, 6.45) is 1.15. The van der Waals surface area contributed by atoms with Crippen LogP contribution in [0, 0.1) is 40.8 Å². The number of hydroxylamine groups is 2. The van der Waals surface area contributed by atoms with Crippen molar-refractivity contribution in [2.75, 3.05) is 34.4 Å². The van der Waals surface area contributed by atoms with Gasteiger partial charge >= 0.3 is 0 Å². The van der Waals surface area contributed by atoms with Gasteiger partial charge in [0.25, 0.3) is 5.91 Å². The van der Waals surface area contributed by atoms with Crippen LogP contribution in [0.4, 0.5) is 4.39 Å².